The van der Waals surface area contributed by atoms with Crippen LogP contribution in [0.2, 0.25) is 0 Å². The van der Waals surface area contributed by atoms with Crippen molar-refractivity contribution in [1.82, 2.24) is 0 Å². The molecule has 5 heavy (non-hydrogen) atoms. The average Bonchev–Trinajstić information content (AvgIpc) is 1.50. The maximum Gasteiger partial charge on any atom is 2.00 e. The van der Waals surface area contributed by atoms with Gasteiger partial charge in [-0.05, 0) is 0 Å². The topological polar surface area (TPSA) is 0 Å². The van der Waals surface area contributed by atoms with Crippen molar-refractivity contribution >= 4 is 0 Å². The molecule has 0 saturated heterocycles. The molecule has 0 aromatic carbocycles. The first-order chi connectivity index (χ1) is 2.00. The molecular formula is C4H10Mo. The van der Waals surface area contributed by atoms with Gasteiger partial charge in [-0.1, -0.05) is 0 Å². The van der Waals surface area contributed by atoms with Gasteiger partial charge in [0.05, 0.1) is 0 Å². The van der Waals surface area contributed by atoms with Gasteiger partial charge in [0.15, 0.2) is 0 Å². The van der Waals surface area contributed by atoms with Crippen LogP contribution in [0.3, 0.4) is 0 Å². The first-order valence-corrected chi connectivity index (χ1v) is 1.41. The standard InChI is InChI=1S/2C2H5.Mo/c2*1-2;/h2*1H2,2H3;/q2*-1;+2. The summed E-state index contributed by atoms with van der Waals surface area (Å²) < 4.78 is 0. The summed E-state index contributed by atoms with van der Waals surface area (Å²) in [5, 5.41) is 0. The van der Waals surface area contributed by atoms with Crippen LogP contribution in [0.15, 0.2) is 0 Å². The number of rotatable bonds is 0. The van der Waals surface area contributed by atoms with E-state index in [0.717, 1.165) is 0 Å². The fraction of sp³-hybridized carbons (Fsp3) is 0.500. The molecular weight excluding hydrogens is 144 g/mol. The van der Waals surface area contributed by atoms with E-state index in [-0.39, 0.29) is 21.1 Å². The second-order valence-electron chi connectivity index (χ2n) is 0. The summed E-state index contributed by atoms with van der Waals surface area (Å²) in [6.45, 7) is 10.0. The molecule has 0 radical (unpaired) electrons. The van der Waals surface area contributed by atoms with E-state index < -0.39 is 0 Å². The zero-order chi connectivity index (χ0) is 4.00. The number of hydrogen-bond donors (Lipinski definition) is 0. The Balaban J connectivity index is -0.0000000133. The van der Waals surface area contributed by atoms with Crippen LogP contribution in [-0.2, 0) is 21.1 Å². The summed E-state index contributed by atoms with van der Waals surface area (Å²) in [6.07, 6.45) is 0. The minimum Gasteiger partial charge on any atom is -0.346 e. The van der Waals surface area contributed by atoms with Gasteiger partial charge in [0.1, 0.15) is 0 Å². The molecule has 0 aromatic rings. The van der Waals surface area contributed by atoms with Gasteiger partial charge in [-0.3, -0.25) is 0 Å². The van der Waals surface area contributed by atoms with Gasteiger partial charge >= 0.3 is 21.1 Å². The average molecular weight is 154 g/mol. The van der Waals surface area contributed by atoms with Crippen molar-refractivity contribution in [2.24, 2.45) is 0 Å². The van der Waals surface area contributed by atoms with Crippen LogP contribution in [-0.4, -0.2) is 0 Å². The summed E-state index contributed by atoms with van der Waals surface area (Å²) >= 11 is 0. The van der Waals surface area contributed by atoms with Gasteiger partial charge in [-0.15, -0.1) is 0 Å². The molecule has 0 fully saturated rings. The monoisotopic (exact) mass is 156 g/mol. The second kappa shape index (κ2) is 135. The van der Waals surface area contributed by atoms with Crippen molar-refractivity contribution < 1.29 is 21.1 Å². The predicted molar refractivity (Wildman–Crippen MR) is 22.1 cm³/mol. The molecule has 0 spiro atoms. The van der Waals surface area contributed by atoms with Gasteiger partial charge in [-0.25, -0.2) is 0 Å². The molecule has 0 unspecified atom stereocenters. The molecule has 0 aliphatic heterocycles. The molecule has 0 N–H and O–H groups in total. The minimum absolute atomic E-state index is 0. The van der Waals surface area contributed by atoms with E-state index in [2.05, 4.69) is 13.8 Å². The Kier molecular flexibility index (Phi) is 466. The van der Waals surface area contributed by atoms with Crippen LogP contribution in [0, 0.1) is 13.8 Å². The molecule has 0 rings (SSSR count). The zero-order valence-corrected chi connectivity index (χ0v) is 5.83. The Morgan fingerprint density at radius 3 is 0.800 bits per heavy atom. The summed E-state index contributed by atoms with van der Waals surface area (Å²) in [6, 6.07) is 0. The van der Waals surface area contributed by atoms with Gasteiger partial charge in [0.2, 0.25) is 0 Å². The molecule has 0 saturated carbocycles. The first kappa shape index (κ1) is 17.3. The van der Waals surface area contributed by atoms with E-state index in [1.54, 1.807) is 13.8 Å². The van der Waals surface area contributed by atoms with E-state index in [1.807, 2.05) is 0 Å². The molecule has 0 aromatic heterocycles. The molecule has 0 nitrogen and oxygen atoms in total. The van der Waals surface area contributed by atoms with Gasteiger partial charge in [0, 0.05) is 0 Å². The Morgan fingerprint density at radius 2 is 0.800 bits per heavy atom. The first-order valence-electron chi connectivity index (χ1n) is 1.41. The third-order valence-electron chi connectivity index (χ3n) is 0. The van der Waals surface area contributed by atoms with Crippen molar-refractivity contribution in [1.29, 1.82) is 0 Å². The van der Waals surface area contributed by atoms with Crippen molar-refractivity contribution in [3.63, 3.8) is 0 Å². The number of hydrogen-bond acceptors (Lipinski definition) is 0. The molecule has 32 valence electrons. The van der Waals surface area contributed by atoms with Crippen molar-refractivity contribution in [3.05, 3.63) is 13.8 Å². The van der Waals surface area contributed by atoms with Gasteiger partial charge in [-0.2, -0.15) is 13.8 Å². The Hall–Kier alpha value is 0.688. The normalized spacial score (nSPS) is 2.40. The van der Waals surface area contributed by atoms with Crippen LogP contribution in [0.4, 0.5) is 0 Å². The van der Waals surface area contributed by atoms with Crippen molar-refractivity contribution in [2.75, 3.05) is 0 Å². The zero-order valence-electron chi connectivity index (χ0n) is 3.82. The van der Waals surface area contributed by atoms with Crippen molar-refractivity contribution in [2.45, 2.75) is 13.8 Å². The molecule has 0 aliphatic carbocycles. The molecule has 0 bridgehead atoms. The van der Waals surface area contributed by atoms with Gasteiger partial charge in [0.25, 0.3) is 0 Å². The molecule has 0 aliphatic rings. The van der Waals surface area contributed by atoms with E-state index in [4.69, 9.17) is 0 Å². The summed E-state index contributed by atoms with van der Waals surface area (Å²) in [4.78, 5) is 0. The van der Waals surface area contributed by atoms with Gasteiger partial charge < -0.3 is 13.8 Å². The van der Waals surface area contributed by atoms with E-state index >= 15 is 0 Å². The van der Waals surface area contributed by atoms with E-state index in [0.29, 0.717) is 0 Å². The maximum atomic E-state index is 3.25. The SMILES string of the molecule is [CH2-]C.[CH2-]C.[Mo+2]. The van der Waals surface area contributed by atoms with E-state index in [9.17, 15) is 0 Å². The third-order valence-corrected chi connectivity index (χ3v) is 0. The fourth-order valence-electron chi connectivity index (χ4n) is 0. The smallest absolute Gasteiger partial charge is 0.346 e. The summed E-state index contributed by atoms with van der Waals surface area (Å²) in [5.41, 5.74) is 0. The molecule has 1 heteroatoms. The summed E-state index contributed by atoms with van der Waals surface area (Å²) in [5.74, 6) is 0. The van der Waals surface area contributed by atoms with Crippen molar-refractivity contribution in [3.8, 4) is 0 Å². The maximum absolute atomic E-state index is 3.25. The van der Waals surface area contributed by atoms with Crippen LogP contribution < -0.4 is 0 Å². The Labute approximate surface area is 49.2 Å². The van der Waals surface area contributed by atoms with Crippen LogP contribution >= 0.6 is 0 Å². The van der Waals surface area contributed by atoms with Crippen LogP contribution in [0.5, 0.6) is 0 Å². The minimum atomic E-state index is 0. The second-order valence-corrected chi connectivity index (χ2v) is 0. The summed E-state index contributed by atoms with van der Waals surface area (Å²) in [7, 11) is 0. The van der Waals surface area contributed by atoms with Crippen LogP contribution in [0.1, 0.15) is 13.8 Å². The Bertz CT molecular complexity index is 3.61. The predicted octanol–water partition coefficient (Wildman–Crippen LogP) is 1.68. The molecule has 0 atom stereocenters. The molecule has 0 amide bonds. The third kappa shape index (κ3) is 71.5. The fourth-order valence-corrected chi connectivity index (χ4v) is 0. The quantitative estimate of drug-likeness (QED) is 0.367. The van der Waals surface area contributed by atoms with E-state index in [1.165, 1.54) is 0 Å². The largest absolute Gasteiger partial charge is 2.00 e. The molecule has 0 heterocycles. The Morgan fingerprint density at radius 1 is 0.800 bits per heavy atom. The van der Waals surface area contributed by atoms with Crippen LogP contribution in [0.25, 0.3) is 0 Å².